The van der Waals surface area contributed by atoms with Crippen molar-refractivity contribution in [1.29, 1.82) is 0 Å². The Morgan fingerprint density at radius 1 is 1.19 bits per heavy atom. The minimum atomic E-state index is -4.39. The molecular formula is C20H25F3N2O2. The second kappa shape index (κ2) is 7.00. The van der Waals surface area contributed by atoms with Crippen LogP contribution in [0.25, 0.3) is 0 Å². The lowest BCUT2D eigenvalue weighted by Gasteiger charge is -2.47. The minimum absolute atomic E-state index is 0.111. The fourth-order valence-electron chi connectivity index (χ4n) is 5.25. The first-order valence-corrected chi connectivity index (χ1v) is 9.73. The predicted molar refractivity (Wildman–Crippen MR) is 95.4 cm³/mol. The zero-order valence-electron chi connectivity index (χ0n) is 15.3. The molecular weight excluding hydrogens is 357 g/mol. The Bertz CT molecular complexity index is 691. The number of piperidine rings is 2. The highest BCUT2D eigenvalue weighted by molar-refractivity contribution is 5.84. The molecule has 0 unspecified atom stereocenters. The molecule has 1 aromatic rings. The molecule has 148 valence electrons. The predicted octanol–water partition coefficient (Wildman–Crippen LogP) is 4.91. The molecule has 2 aliphatic heterocycles. The van der Waals surface area contributed by atoms with Crippen LogP contribution in [0.1, 0.15) is 44.6 Å². The van der Waals surface area contributed by atoms with Crippen LogP contribution < -0.4 is 5.32 Å². The van der Waals surface area contributed by atoms with Gasteiger partial charge in [0.05, 0.1) is 5.56 Å². The van der Waals surface area contributed by atoms with Gasteiger partial charge in [0.15, 0.2) is 0 Å². The molecule has 1 N–H and O–H groups in total. The van der Waals surface area contributed by atoms with Crippen LogP contribution >= 0.6 is 0 Å². The monoisotopic (exact) mass is 382 g/mol. The minimum Gasteiger partial charge on any atom is -0.446 e. The molecule has 5 atom stereocenters. The summed E-state index contributed by atoms with van der Waals surface area (Å²) in [5, 5.41) is 2.57. The Kier molecular flexibility index (Phi) is 4.82. The molecule has 1 amide bonds. The smallest absolute Gasteiger partial charge is 0.416 e. The van der Waals surface area contributed by atoms with Crippen LogP contribution in [-0.4, -0.2) is 35.7 Å². The molecule has 7 heteroatoms. The molecule has 4 nitrogen and oxygen atoms in total. The highest BCUT2D eigenvalue weighted by atomic mass is 19.4. The van der Waals surface area contributed by atoms with Crippen LogP contribution in [0.15, 0.2) is 24.3 Å². The fourth-order valence-corrected chi connectivity index (χ4v) is 5.25. The first kappa shape index (κ1) is 18.6. The van der Waals surface area contributed by atoms with Gasteiger partial charge in [-0.15, -0.1) is 0 Å². The summed E-state index contributed by atoms with van der Waals surface area (Å²) in [6.07, 6.45) is 0.507. The average Bonchev–Trinajstić information content (AvgIpc) is 3.00. The van der Waals surface area contributed by atoms with E-state index in [4.69, 9.17) is 4.74 Å². The molecule has 0 radical (unpaired) electrons. The lowest BCUT2D eigenvalue weighted by Crippen LogP contribution is -2.54. The van der Waals surface area contributed by atoms with Crippen LogP contribution in [0.2, 0.25) is 0 Å². The molecule has 4 rings (SSSR count). The van der Waals surface area contributed by atoms with Crippen molar-refractivity contribution in [2.45, 2.75) is 63.4 Å². The van der Waals surface area contributed by atoms with E-state index < -0.39 is 17.8 Å². The van der Waals surface area contributed by atoms with Gasteiger partial charge in [-0.1, -0.05) is 6.42 Å². The molecule has 3 fully saturated rings. The summed E-state index contributed by atoms with van der Waals surface area (Å²) in [4.78, 5) is 14.9. The summed E-state index contributed by atoms with van der Waals surface area (Å²) in [5.41, 5.74) is -0.431. The van der Waals surface area contributed by atoms with E-state index in [2.05, 4.69) is 17.1 Å². The summed E-state index contributed by atoms with van der Waals surface area (Å²) in [5.74, 6) is 0.915. The topological polar surface area (TPSA) is 41.6 Å². The van der Waals surface area contributed by atoms with Gasteiger partial charge in [-0.3, -0.25) is 10.2 Å². The zero-order chi connectivity index (χ0) is 19.2. The summed E-state index contributed by atoms with van der Waals surface area (Å²) in [7, 11) is 0. The van der Waals surface area contributed by atoms with Crippen LogP contribution in [-0.2, 0) is 10.9 Å². The van der Waals surface area contributed by atoms with Gasteiger partial charge in [0, 0.05) is 23.7 Å². The van der Waals surface area contributed by atoms with Crippen molar-refractivity contribution >= 4 is 11.8 Å². The number of hydrogen-bond acceptors (Lipinski definition) is 3. The van der Waals surface area contributed by atoms with Crippen molar-refractivity contribution in [1.82, 2.24) is 4.90 Å². The number of nitrogens with zero attached hydrogens (tertiary/aromatic N) is 1. The van der Waals surface area contributed by atoms with Gasteiger partial charge in [0.1, 0.15) is 6.10 Å². The summed E-state index contributed by atoms with van der Waals surface area (Å²) in [6, 6.07) is 5.43. The van der Waals surface area contributed by atoms with Crippen LogP contribution in [0, 0.1) is 11.8 Å². The molecule has 1 aromatic carbocycles. The van der Waals surface area contributed by atoms with Gasteiger partial charge in [0.25, 0.3) is 0 Å². The number of halogens is 3. The third-order valence-electron chi connectivity index (χ3n) is 6.60. The number of carbonyl (C=O) groups excluding carboxylic acids is 1. The van der Waals surface area contributed by atoms with E-state index in [1.165, 1.54) is 25.0 Å². The third-order valence-corrected chi connectivity index (χ3v) is 6.60. The van der Waals surface area contributed by atoms with E-state index in [9.17, 15) is 18.0 Å². The molecule has 2 bridgehead atoms. The van der Waals surface area contributed by atoms with Gasteiger partial charge in [-0.25, -0.2) is 4.79 Å². The van der Waals surface area contributed by atoms with E-state index in [0.717, 1.165) is 37.9 Å². The van der Waals surface area contributed by atoms with Crippen LogP contribution in [0.5, 0.6) is 0 Å². The number of fused-ring (bicyclic) bond motifs is 4. The highest BCUT2D eigenvalue weighted by Crippen LogP contribution is 2.48. The van der Waals surface area contributed by atoms with E-state index in [1.807, 2.05) is 0 Å². The van der Waals surface area contributed by atoms with Crippen molar-refractivity contribution in [2.24, 2.45) is 11.8 Å². The average molecular weight is 382 g/mol. The van der Waals surface area contributed by atoms with Crippen molar-refractivity contribution in [2.75, 3.05) is 11.9 Å². The maximum absolute atomic E-state index is 12.6. The second-order valence-corrected chi connectivity index (χ2v) is 8.08. The molecule has 1 saturated carbocycles. The molecule has 0 aromatic heterocycles. The van der Waals surface area contributed by atoms with Crippen molar-refractivity contribution in [3.63, 3.8) is 0 Å². The molecule has 27 heavy (non-hydrogen) atoms. The zero-order valence-corrected chi connectivity index (χ0v) is 15.3. The van der Waals surface area contributed by atoms with Gasteiger partial charge in [-0.05, 0) is 69.3 Å². The Morgan fingerprint density at radius 2 is 1.93 bits per heavy atom. The standard InChI is InChI=1S/C20H25F3N2O2/c1-12-13-10-16(17-4-2-3-9-25(12)17)18(11-13)27-19(26)24-15-7-5-14(6-8-15)20(21,22)23/h5-8,12-13,16-18H,2-4,9-11H2,1H3,(H,24,26)/t12-,13+,16+,17+,18+/m0/s1. The Balaban J connectivity index is 1.38. The van der Waals surface area contributed by atoms with Crippen molar-refractivity contribution in [3.8, 4) is 0 Å². The van der Waals surface area contributed by atoms with Crippen molar-refractivity contribution < 1.29 is 22.7 Å². The number of carbonyl (C=O) groups is 1. The van der Waals surface area contributed by atoms with Crippen LogP contribution in [0.4, 0.5) is 23.7 Å². The summed E-state index contributed by atoms with van der Waals surface area (Å²) >= 11 is 0. The Morgan fingerprint density at radius 3 is 2.63 bits per heavy atom. The number of alkyl halides is 3. The highest BCUT2D eigenvalue weighted by Gasteiger charge is 2.51. The molecule has 2 heterocycles. The Hall–Kier alpha value is -1.76. The van der Waals surface area contributed by atoms with Gasteiger partial charge < -0.3 is 4.74 Å². The SMILES string of the molecule is C[C@H]1[C@@H]2C[C@H]([C@H]3CCCCN31)[C@H](OC(=O)Nc1ccc(C(F)(F)F)cc1)C2. The molecule has 1 aliphatic carbocycles. The number of hydrogen-bond donors (Lipinski definition) is 1. The number of amides is 1. The molecule has 3 aliphatic rings. The number of nitrogens with one attached hydrogen (secondary N) is 1. The fraction of sp³-hybridized carbons (Fsp3) is 0.650. The van der Waals surface area contributed by atoms with E-state index in [1.54, 1.807) is 0 Å². The van der Waals surface area contributed by atoms with Crippen LogP contribution in [0.3, 0.4) is 0 Å². The van der Waals surface area contributed by atoms with E-state index >= 15 is 0 Å². The maximum atomic E-state index is 12.6. The largest absolute Gasteiger partial charge is 0.446 e. The second-order valence-electron chi connectivity index (χ2n) is 8.08. The quantitative estimate of drug-likeness (QED) is 0.791. The van der Waals surface area contributed by atoms with E-state index in [-0.39, 0.29) is 6.10 Å². The molecule has 0 spiro atoms. The number of anilines is 1. The first-order chi connectivity index (χ1) is 12.8. The summed E-state index contributed by atoms with van der Waals surface area (Å²) < 4.78 is 43.6. The number of rotatable bonds is 2. The molecule has 2 saturated heterocycles. The van der Waals surface area contributed by atoms with Gasteiger partial charge >= 0.3 is 12.3 Å². The van der Waals surface area contributed by atoms with Gasteiger partial charge in [0.2, 0.25) is 0 Å². The summed E-state index contributed by atoms with van der Waals surface area (Å²) in [6.45, 7) is 3.41. The normalized spacial score (nSPS) is 33.4. The lowest BCUT2D eigenvalue weighted by atomic mass is 9.81. The third kappa shape index (κ3) is 3.66. The number of ether oxygens (including phenoxy) is 1. The van der Waals surface area contributed by atoms with Gasteiger partial charge in [-0.2, -0.15) is 13.2 Å². The van der Waals surface area contributed by atoms with E-state index in [0.29, 0.717) is 29.6 Å². The number of benzene rings is 1. The lowest BCUT2D eigenvalue weighted by molar-refractivity contribution is -0.137. The maximum Gasteiger partial charge on any atom is 0.416 e. The van der Waals surface area contributed by atoms with Crippen molar-refractivity contribution in [3.05, 3.63) is 29.8 Å². The first-order valence-electron chi connectivity index (χ1n) is 9.73. The Labute approximate surface area is 157 Å².